The third-order valence-electron chi connectivity index (χ3n) is 4.24. The molecule has 1 aliphatic rings. The van der Waals surface area contributed by atoms with Gasteiger partial charge >= 0.3 is 0 Å². The normalized spacial score (nSPS) is 23.2. The average Bonchev–Trinajstić information content (AvgIpc) is 2.48. The topological polar surface area (TPSA) is 46.2 Å². The van der Waals surface area contributed by atoms with Gasteiger partial charge in [0.1, 0.15) is 5.82 Å². The van der Waals surface area contributed by atoms with Gasteiger partial charge in [-0.3, -0.25) is 0 Å². The van der Waals surface area contributed by atoms with Gasteiger partial charge in [-0.1, -0.05) is 34.8 Å². The van der Waals surface area contributed by atoms with Crippen molar-refractivity contribution in [3.05, 3.63) is 29.6 Å². The van der Waals surface area contributed by atoms with E-state index in [-0.39, 0.29) is 4.90 Å². The molecule has 0 bridgehead atoms. The zero-order valence-electron chi connectivity index (χ0n) is 12.1. The molecule has 0 spiro atoms. The summed E-state index contributed by atoms with van der Waals surface area (Å²) in [5.74, 6) is 0.328. The average molecular weight is 378 g/mol. The maximum atomic E-state index is 13.3. The molecule has 0 saturated heterocycles. The molecule has 6 heteroatoms. The Morgan fingerprint density at radius 2 is 1.95 bits per heavy atom. The highest BCUT2D eigenvalue weighted by molar-refractivity contribution is 9.09. The van der Waals surface area contributed by atoms with Crippen LogP contribution in [0.2, 0.25) is 0 Å². The van der Waals surface area contributed by atoms with Gasteiger partial charge in [-0.25, -0.2) is 17.5 Å². The van der Waals surface area contributed by atoms with Crippen molar-refractivity contribution in [2.75, 3.05) is 11.9 Å². The summed E-state index contributed by atoms with van der Waals surface area (Å²) in [6, 6.07) is 3.85. The molecule has 2 rings (SSSR count). The van der Waals surface area contributed by atoms with Crippen LogP contribution in [0, 0.1) is 24.6 Å². The van der Waals surface area contributed by atoms with E-state index in [9.17, 15) is 12.8 Å². The summed E-state index contributed by atoms with van der Waals surface area (Å²) in [5.41, 5.74) is 0.560. The second-order valence-corrected chi connectivity index (χ2v) is 8.10. The first-order valence-electron chi connectivity index (χ1n) is 7.26. The van der Waals surface area contributed by atoms with Crippen molar-refractivity contribution < 1.29 is 12.8 Å². The fourth-order valence-corrected chi connectivity index (χ4v) is 5.12. The Morgan fingerprint density at radius 1 is 1.29 bits per heavy atom. The van der Waals surface area contributed by atoms with Gasteiger partial charge in [0, 0.05) is 11.9 Å². The summed E-state index contributed by atoms with van der Waals surface area (Å²) in [7, 11) is -3.65. The Hall–Kier alpha value is -0.460. The van der Waals surface area contributed by atoms with Gasteiger partial charge in [-0.15, -0.1) is 0 Å². The van der Waals surface area contributed by atoms with Crippen LogP contribution in [0.25, 0.3) is 0 Å². The molecular weight excluding hydrogens is 357 g/mol. The maximum Gasteiger partial charge on any atom is 0.240 e. The number of rotatable bonds is 5. The third-order valence-corrected chi connectivity index (χ3v) is 6.64. The van der Waals surface area contributed by atoms with Crippen molar-refractivity contribution in [2.24, 2.45) is 11.8 Å². The smallest absolute Gasteiger partial charge is 0.211 e. The standard InChI is InChI=1S/C15H21BrFNO2S/c1-11-6-7-14(17)8-15(11)21(19,20)18-10-13-5-3-2-4-12(13)9-16/h6-8,12-13,18H,2-5,9-10H2,1H3. The zero-order chi connectivity index (χ0) is 15.5. The van der Waals surface area contributed by atoms with E-state index in [0.29, 0.717) is 23.9 Å². The van der Waals surface area contributed by atoms with Gasteiger partial charge in [0.2, 0.25) is 10.0 Å². The van der Waals surface area contributed by atoms with Gasteiger partial charge in [0.05, 0.1) is 4.90 Å². The Labute approximate surface area is 134 Å². The van der Waals surface area contributed by atoms with Crippen LogP contribution in [0.15, 0.2) is 23.1 Å². The van der Waals surface area contributed by atoms with E-state index in [1.807, 2.05) is 0 Å². The first kappa shape index (κ1) is 16.9. The largest absolute Gasteiger partial charge is 0.240 e. The highest BCUT2D eigenvalue weighted by Gasteiger charge is 2.26. The zero-order valence-corrected chi connectivity index (χ0v) is 14.5. The van der Waals surface area contributed by atoms with Gasteiger partial charge in [-0.05, 0) is 49.3 Å². The van der Waals surface area contributed by atoms with E-state index in [1.165, 1.54) is 18.6 Å². The van der Waals surface area contributed by atoms with E-state index >= 15 is 0 Å². The molecule has 0 heterocycles. The van der Waals surface area contributed by atoms with Crippen LogP contribution in [-0.4, -0.2) is 20.3 Å². The maximum absolute atomic E-state index is 13.3. The lowest BCUT2D eigenvalue weighted by Crippen LogP contribution is -2.35. The molecule has 0 amide bonds. The van der Waals surface area contributed by atoms with E-state index in [2.05, 4.69) is 20.7 Å². The van der Waals surface area contributed by atoms with E-state index in [0.717, 1.165) is 30.7 Å². The fourth-order valence-electron chi connectivity index (χ4n) is 2.91. The molecule has 1 aliphatic carbocycles. The number of alkyl halides is 1. The molecule has 0 radical (unpaired) electrons. The second kappa shape index (κ2) is 7.20. The first-order valence-corrected chi connectivity index (χ1v) is 9.86. The fraction of sp³-hybridized carbons (Fsp3) is 0.600. The molecule has 3 nitrogen and oxygen atoms in total. The van der Waals surface area contributed by atoms with Crippen LogP contribution in [0.4, 0.5) is 4.39 Å². The van der Waals surface area contributed by atoms with Crippen LogP contribution in [0.3, 0.4) is 0 Å². The lowest BCUT2D eigenvalue weighted by molar-refractivity contribution is 0.263. The molecular formula is C15H21BrFNO2S. The van der Waals surface area contributed by atoms with Crippen molar-refractivity contribution >= 4 is 26.0 Å². The molecule has 1 aromatic rings. The minimum absolute atomic E-state index is 0.0358. The predicted octanol–water partition coefficient (Wildman–Crippen LogP) is 3.61. The Morgan fingerprint density at radius 3 is 2.62 bits per heavy atom. The minimum Gasteiger partial charge on any atom is -0.211 e. The molecule has 1 N–H and O–H groups in total. The van der Waals surface area contributed by atoms with Gasteiger partial charge in [-0.2, -0.15) is 0 Å². The number of halogens is 2. The van der Waals surface area contributed by atoms with Crippen molar-refractivity contribution in [2.45, 2.75) is 37.5 Å². The van der Waals surface area contributed by atoms with E-state index in [1.54, 1.807) is 6.92 Å². The van der Waals surface area contributed by atoms with E-state index in [4.69, 9.17) is 0 Å². The summed E-state index contributed by atoms with van der Waals surface area (Å²) in [6.07, 6.45) is 4.54. The SMILES string of the molecule is Cc1ccc(F)cc1S(=O)(=O)NCC1CCCCC1CBr. The molecule has 2 unspecified atom stereocenters. The Bertz CT molecular complexity index is 591. The summed E-state index contributed by atoms with van der Waals surface area (Å²) in [6.45, 7) is 2.10. The minimum atomic E-state index is -3.65. The molecule has 1 fully saturated rings. The van der Waals surface area contributed by atoms with Crippen molar-refractivity contribution in [1.82, 2.24) is 4.72 Å². The summed E-state index contributed by atoms with van der Waals surface area (Å²) < 4.78 is 40.7. The lowest BCUT2D eigenvalue weighted by Gasteiger charge is -2.30. The van der Waals surface area contributed by atoms with Crippen molar-refractivity contribution in [1.29, 1.82) is 0 Å². The van der Waals surface area contributed by atoms with Crippen LogP contribution in [0.1, 0.15) is 31.2 Å². The summed E-state index contributed by atoms with van der Waals surface area (Å²) >= 11 is 3.51. The second-order valence-electron chi connectivity index (χ2n) is 5.72. The molecule has 118 valence electrons. The Kier molecular flexibility index (Phi) is 5.80. The number of hydrogen-bond acceptors (Lipinski definition) is 2. The predicted molar refractivity (Wildman–Crippen MR) is 85.6 cm³/mol. The number of hydrogen-bond donors (Lipinski definition) is 1. The summed E-state index contributed by atoms with van der Waals surface area (Å²) in [5, 5.41) is 0.901. The third kappa shape index (κ3) is 4.27. The lowest BCUT2D eigenvalue weighted by atomic mass is 9.80. The molecule has 1 aromatic carbocycles. The highest BCUT2D eigenvalue weighted by Crippen LogP contribution is 2.31. The van der Waals surface area contributed by atoms with Crippen LogP contribution < -0.4 is 4.72 Å². The summed E-state index contributed by atoms with van der Waals surface area (Å²) in [4.78, 5) is 0.0358. The molecule has 1 saturated carbocycles. The number of aryl methyl sites for hydroxylation is 1. The van der Waals surface area contributed by atoms with Gasteiger partial charge in [0.25, 0.3) is 0 Å². The van der Waals surface area contributed by atoms with E-state index < -0.39 is 15.8 Å². The molecule has 21 heavy (non-hydrogen) atoms. The molecule has 2 atom stereocenters. The molecule has 0 aliphatic heterocycles. The Balaban J connectivity index is 2.09. The number of nitrogens with one attached hydrogen (secondary N) is 1. The number of benzene rings is 1. The van der Waals surface area contributed by atoms with Crippen LogP contribution in [-0.2, 0) is 10.0 Å². The van der Waals surface area contributed by atoms with Gasteiger partial charge in [0.15, 0.2) is 0 Å². The van der Waals surface area contributed by atoms with Crippen molar-refractivity contribution in [3.8, 4) is 0 Å². The number of sulfonamides is 1. The van der Waals surface area contributed by atoms with Gasteiger partial charge < -0.3 is 0 Å². The quantitative estimate of drug-likeness (QED) is 0.796. The monoisotopic (exact) mass is 377 g/mol. The molecule has 0 aromatic heterocycles. The van der Waals surface area contributed by atoms with Crippen LogP contribution >= 0.6 is 15.9 Å². The highest BCUT2D eigenvalue weighted by atomic mass is 79.9. The van der Waals surface area contributed by atoms with Crippen molar-refractivity contribution in [3.63, 3.8) is 0 Å². The first-order chi connectivity index (χ1) is 9.94. The van der Waals surface area contributed by atoms with Crippen LogP contribution in [0.5, 0.6) is 0 Å².